The maximum atomic E-state index is 6.04. The summed E-state index contributed by atoms with van der Waals surface area (Å²) >= 11 is 6.04. The van der Waals surface area contributed by atoms with E-state index < -0.39 is 0 Å². The summed E-state index contributed by atoms with van der Waals surface area (Å²) in [6.45, 7) is 6.52. The van der Waals surface area contributed by atoms with E-state index in [1.165, 1.54) is 19.3 Å². The SMILES string of the molecule is CC(C)N(C)CCCCNc1cc(Cl)nc(C2CC2)n1. The lowest BCUT2D eigenvalue weighted by Gasteiger charge is -2.20. The van der Waals surface area contributed by atoms with E-state index in [2.05, 4.69) is 41.1 Å². The number of hydrogen-bond donors (Lipinski definition) is 1. The number of unbranched alkanes of at least 4 members (excludes halogenated alkanes) is 1. The van der Waals surface area contributed by atoms with Crippen LogP contribution >= 0.6 is 11.6 Å². The van der Waals surface area contributed by atoms with Crippen molar-refractivity contribution in [2.75, 3.05) is 25.5 Å². The number of rotatable bonds is 8. The van der Waals surface area contributed by atoms with E-state index in [9.17, 15) is 0 Å². The Morgan fingerprint density at radius 1 is 1.35 bits per heavy atom. The zero-order chi connectivity index (χ0) is 14.5. The molecule has 0 saturated heterocycles. The van der Waals surface area contributed by atoms with E-state index in [1.807, 2.05) is 6.07 Å². The first-order valence-electron chi connectivity index (χ1n) is 7.55. The van der Waals surface area contributed by atoms with Crippen LogP contribution in [0.5, 0.6) is 0 Å². The van der Waals surface area contributed by atoms with Gasteiger partial charge in [0.05, 0.1) is 0 Å². The summed E-state index contributed by atoms with van der Waals surface area (Å²) in [5.41, 5.74) is 0. The third-order valence-electron chi connectivity index (χ3n) is 3.78. The van der Waals surface area contributed by atoms with E-state index in [0.717, 1.165) is 31.2 Å². The van der Waals surface area contributed by atoms with Gasteiger partial charge in [0, 0.05) is 24.6 Å². The number of nitrogens with one attached hydrogen (secondary N) is 1. The van der Waals surface area contributed by atoms with Gasteiger partial charge in [-0.15, -0.1) is 0 Å². The van der Waals surface area contributed by atoms with Crippen LogP contribution in [0.3, 0.4) is 0 Å². The summed E-state index contributed by atoms with van der Waals surface area (Å²) in [5.74, 6) is 2.30. The first-order chi connectivity index (χ1) is 9.56. The fourth-order valence-corrected chi connectivity index (χ4v) is 2.20. The van der Waals surface area contributed by atoms with E-state index in [1.54, 1.807) is 0 Å². The minimum Gasteiger partial charge on any atom is -0.370 e. The lowest BCUT2D eigenvalue weighted by molar-refractivity contribution is 0.269. The highest BCUT2D eigenvalue weighted by molar-refractivity contribution is 6.29. The molecule has 0 bridgehead atoms. The Kier molecular flexibility index (Phi) is 5.61. The number of hydrogen-bond acceptors (Lipinski definition) is 4. The van der Waals surface area contributed by atoms with E-state index in [4.69, 9.17) is 11.6 Å². The lowest BCUT2D eigenvalue weighted by Crippen LogP contribution is -2.27. The Morgan fingerprint density at radius 2 is 2.10 bits per heavy atom. The zero-order valence-corrected chi connectivity index (χ0v) is 13.5. The lowest BCUT2D eigenvalue weighted by atomic mass is 10.2. The van der Waals surface area contributed by atoms with Crippen molar-refractivity contribution in [2.24, 2.45) is 0 Å². The van der Waals surface area contributed by atoms with Crippen LogP contribution in [0.25, 0.3) is 0 Å². The third kappa shape index (κ3) is 4.91. The second-order valence-corrected chi connectivity index (χ2v) is 6.30. The van der Waals surface area contributed by atoms with Crippen LogP contribution in [0, 0.1) is 0 Å². The van der Waals surface area contributed by atoms with E-state index in [-0.39, 0.29) is 0 Å². The molecule has 1 saturated carbocycles. The molecule has 1 aliphatic rings. The van der Waals surface area contributed by atoms with Crippen molar-refractivity contribution in [2.45, 2.75) is 51.5 Å². The highest BCUT2D eigenvalue weighted by Gasteiger charge is 2.27. The molecule has 1 heterocycles. The first kappa shape index (κ1) is 15.5. The zero-order valence-electron chi connectivity index (χ0n) is 12.7. The van der Waals surface area contributed by atoms with Gasteiger partial charge in [-0.1, -0.05) is 11.6 Å². The van der Waals surface area contributed by atoms with Crippen molar-refractivity contribution in [3.8, 4) is 0 Å². The smallest absolute Gasteiger partial charge is 0.135 e. The molecular formula is C15H25ClN4. The van der Waals surface area contributed by atoms with Crippen LogP contribution in [0.15, 0.2) is 6.07 Å². The van der Waals surface area contributed by atoms with Crippen molar-refractivity contribution >= 4 is 17.4 Å². The Bertz CT molecular complexity index is 432. The van der Waals surface area contributed by atoms with Gasteiger partial charge in [0.2, 0.25) is 0 Å². The predicted molar refractivity (Wildman–Crippen MR) is 84.5 cm³/mol. The molecule has 0 unspecified atom stereocenters. The van der Waals surface area contributed by atoms with Crippen LogP contribution in [-0.4, -0.2) is 41.0 Å². The molecule has 1 fully saturated rings. The molecule has 0 aliphatic heterocycles. The molecule has 20 heavy (non-hydrogen) atoms. The van der Waals surface area contributed by atoms with E-state index in [0.29, 0.717) is 17.1 Å². The highest BCUT2D eigenvalue weighted by Crippen LogP contribution is 2.38. The van der Waals surface area contributed by atoms with Crippen LogP contribution in [0.2, 0.25) is 5.15 Å². The molecular weight excluding hydrogens is 272 g/mol. The maximum absolute atomic E-state index is 6.04. The molecule has 2 rings (SSSR count). The topological polar surface area (TPSA) is 41.0 Å². The summed E-state index contributed by atoms with van der Waals surface area (Å²) in [4.78, 5) is 11.2. The number of anilines is 1. The normalized spacial score (nSPS) is 15.1. The summed E-state index contributed by atoms with van der Waals surface area (Å²) in [7, 11) is 2.17. The molecule has 112 valence electrons. The summed E-state index contributed by atoms with van der Waals surface area (Å²) in [5, 5.41) is 3.90. The molecule has 0 atom stereocenters. The largest absolute Gasteiger partial charge is 0.370 e. The maximum Gasteiger partial charge on any atom is 0.135 e. The average molecular weight is 297 g/mol. The van der Waals surface area contributed by atoms with Gasteiger partial charge in [-0.25, -0.2) is 9.97 Å². The highest BCUT2D eigenvalue weighted by atomic mass is 35.5. The number of halogens is 1. The molecule has 1 N–H and O–H groups in total. The Hall–Kier alpha value is -0.870. The molecule has 1 aliphatic carbocycles. The fraction of sp³-hybridized carbons (Fsp3) is 0.733. The molecule has 0 aromatic carbocycles. The van der Waals surface area contributed by atoms with Crippen LogP contribution in [-0.2, 0) is 0 Å². The molecule has 5 heteroatoms. The quantitative estimate of drug-likeness (QED) is 0.588. The van der Waals surface area contributed by atoms with Crippen LogP contribution in [0.4, 0.5) is 5.82 Å². The molecule has 0 spiro atoms. The predicted octanol–water partition coefficient (Wildman–Crippen LogP) is 3.54. The van der Waals surface area contributed by atoms with Crippen molar-refractivity contribution in [3.63, 3.8) is 0 Å². The first-order valence-corrected chi connectivity index (χ1v) is 7.92. The number of aromatic nitrogens is 2. The summed E-state index contributed by atoms with van der Waals surface area (Å²) in [6.07, 6.45) is 4.72. The van der Waals surface area contributed by atoms with Gasteiger partial charge in [-0.3, -0.25) is 0 Å². The summed E-state index contributed by atoms with van der Waals surface area (Å²) < 4.78 is 0. The van der Waals surface area contributed by atoms with Crippen LogP contribution < -0.4 is 5.32 Å². The van der Waals surface area contributed by atoms with Crippen molar-refractivity contribution < 1.29 is 0 Å². The van der Waals surface area contributed by atoms with Gasteiger partial charge < -0.3 is 10.2 Å². The van der Waals surface area contributed by atoms with Crippen molar-refractivity contribution in [1.29, 1.82) is 0 Å². The second kappa shape index (κ2) is 7.23. The second-order valence-electron chi connectivity index (χ2n) is 5.92. The van der Waals surface area contributed by atoms with Crippen LogP contribution in [0.1, 0.15) is 51.3 Å². The van der Waals surface area contributed by atoms with Gasteiger partial charge in [0.25, 0.3) is 0 Å². The molecule has 1 aromatic rings. The minimum absolute atomic E-state index is 0.536. The fourth-order valence-electron chi connectivity index (χ4n) is 2.01. The van der Waals surface area contributed by atoms with Crippen molar-refractivity contribution in [1.82, 2.24) is 14.9 Å². The summed E-state index contributed by atoms with van der Waals surface area (Å²) in [6, 6.07) is 2.43. The average Bonchev–Trinajstić information content (AvgIpc) is 3.21. The van der Waals surface area contributed by atoms with Gasteiger partial charge in [0.15, 0.2) is 0 Å². The molecule has 0 amide bonds. The van der Waals surface area contributed by atoms with Crippen molar-refractivity contribution in [3.05, 3.63) is 17.0 Å². The van der Waals surface area contributed by atoms with Gasteiger partial charge in [0.1, 0.15) is 16.8 Å². The monoisotopic (exact) mass is 296 g/mol. The van der Waals surface area contributed by atoms with E-state index >= 15 is 0 Å². The van der Waals surface area contributed by atoms with Gasteiger partial charge >= 0.3 is 0 Å². The number of nitrogens with zero attached hydrogens (tertiary/aromatic N) is 3. The molecule has 0 radical (unpaired) electrons. The Labute approximate surface area is 126 Å². The Balaban J connectivity index is 1.71. The standard InChI is InChI=1S/C15H25ClN4/c1-11(2)20(3)9-5-4-8-17-14-10-13(16)18-15(19-14)12-6-7-12/h10-12H,4-9H2,1-3H3,(H,17,18,19). The third-order valence-corrected chi connectivity index (χ3v) is 3.97. The van der Waals surface area contributed by atoms with Gasteiger partial charge in [-0.05, 0) is 53.1 Å². The van der Waals surface area contributed by atoms with Gasteiger partial charge in [-0.2, -0.15) is 0 Å². The molecule has 4 nitrogen and oxygen atoms in total. The minimum atomic E-state index is 0.536. The Morgan fingerprint density at radius 3 is 2.75 bits per heavy atom. The molecule has 1 aromatic heterocycles.